The Balaban J connectivity index is 1.61. The van der Waals surface area contributed by atoms with Gasteiger partial charge in [-0.2, -0.15) is 4.68 Å². The van der Waals surface area contributed by atoms with Crippen molar-refractivity contribution in [3.8, 4) is 11.4 Å². The Bertz CT molecular complexity index is 1210. The van der Waals surface area contributed by atoms with Gasteiger partial charge in [-0.25, -0.2) is 0 Å². The van der Waals surface area contributed by atoms with Crippen molar-refractivity contribution >= 4 is 34.3 Å². The summed E-state index contributed by atoms with van der Waals surface area (Å²) < 4.78 is 8.54. The Morgan fingerprint density at radius 3 is 2.67 bits per heavy atom. The Kier molecular flexibility index (Phi) is 6.41. The van der Waals surface area contributed by atoms with Gasteiger partial charge in [0.25, 0.3) is 5.56 Å². The van der Waals surface area contributed by atoms with Gasteiger partial charge < -0.3 is 9.30 Å². The van der Waals surface area contributed by atoms with Crippen molar-refractivity contribution in [3.05, 3.63) is 63.9 Å². The number of nitrogens with zero attached hydrogens (tertiary/aromatic N) is 6. The predicted octanol–water partition coefficient (Wildman–Crippen LogP) is 3.49. The largest absolute Gasteiger partial charge is 0.385 e. The molecule has 154 valence electrons. The molecule has 0 N–H and O–H groups in total. The average molecular weight is 443 g/mol. The summed E-state index contributed by atoms with van der Waals surface area (Å²) in [7, 11) is 1.67. The number of fused-ring (bicyclic) bond motifs is 1. The van der Waals surface area contributed by atoms with Crippen molar-refractivity contribution in [2.24, 2.45) is 0 Å². The van der Waals surface area contributed by atoms with Crippen LogP contribution in [0.5, 0.6) is 0 Å². The van der Waals surface area contributed by atoms with Crippen molar-refractivity contribution in [2.75, 3.05) is 13.7 Å². The number of ether oxygens (including phenoxy) is 1. The summed E-state index contributed by atoms with van der Waals surface area (Å²) in [5, 5.41) is 18.8. The summed E-state index contributed by atoms with van der Waals surface area (Å²) >= 11 is 7.39. The highest BCUT2D eigenvalue weighted by Gasteiger charge is 2.15. The quantitative estimate of drug-likeness (QED) is 0.305. The number of thioether (sulfide) groups is 1. The molecule has 2 aromatic carbocycles. The molecule has 0 saturated carbocycles. The van der Waals surface area contributed by atoms with Crippen LogP contribution in [0.3, 0.4) is 0 Å². The van der Waals surface area contributed by atoms with E-state index >= 15 is 0 Å². The van der Waals surface area contributed by atoms with Gasteiger partial charge in [0.1, 0.15) is 5.52 Å². The maximum absolute atomic E-state index is 12.7. The molecule has 0 aliphatic heterocycles. The van der Waals surface area contributed by atoms with Gasteiger partial charge in [0, 0.05) is 30.8 Å². The lowest BCUT2D eigenvalue weighted by Gasteiger charge is -2.10. The third-order valence-corrected chi connectivity index (χ3v) is 5.68. The molecule has 0 unspecified atom stereocenters. The summed E-state index contributed by atoms with van der Waals surface area (Å²) in [6.07, 6.45) is 0.804. The van der Waals surface area contributed by atoms with Crippen LogP contribution in [0.25, 0.3) is 22.3 Å². The van der Waals surface area contributed by atoms with Crippen LogP contribution >= 0.6 is 23.4 Å². The fourth-order valence-corrected chi connectivity index (χ4v) is 3.97. The summed E-state index contributed by atoms with van der Waals surface area (Å²) in [6, 6.07) is 14.6. The fraction of sp³-hybridized carbons (Fsp3) is 0.250. The first-order chi connectivity index (χ1) is 14.7. The molecule has 0 saturated heterocycles. The Hall–Kier alpha value is -2.75. The molecule has 0 fully saturated rings. The monoisotopic (exact) mass is 442 g/mol. The molecule has 4 aromatic rings. The first-order valence-electron chi connectivity index (χ1n) is 9.31. The van der Waals surface area contributed by atoms with Gasteiger partial charge in [0.2, 0.25) is 0 Å². The zero-order valence-electron chi connectivity index (χ0n) is 16.2. The van der Waals surface area contributed by atoms with Crippen LogP contribution < -0.4 is 5.56 Å². The minimum Gasteiger partial charge on any atom is -0.385 e. The minimum absolute atomic E-state index is 0.184. The Labute approximate surface area is 181 Å². The van der Waals surface area contributed by atoms with E-state index in [1.54, 1.807) is 19.2 Å². The van der Waals surface area contributed by atoms with E-state index in [1.165, 1.54) is 16.4 Å². The molecule has 0 atom stereocenters. The van der Waals surface area contributed by atoms with Gasteiger partial charge in [0.05, 0.1) is 11.3 Å². The van der Waals surface area contributed by atoms with E-state index in [2.05, 4.69) is 20.5 Å². The first-order valence-corrected chi connectivity index (χ1v) is 10.7. The third kappa shape index (κ3) is 4.38. The molecule has 0 amide bonds. The van der Waals surface area contributed by atoms with Crippen molar-refractivity contribution in [1.29, 1.82) is 0 Å². The van der Waals surface area contributed by atoms with Gasteiger partial charge in [-0.1, -0.05) is 40.7 Å². The van der Waals surface area contributed by atoms with Gasteiger partial charge in [-0.15, -0.1) is 15.3 Å². The van der Waals surface area contributed by atoms with E-state index in [9.17, 15) is 4.79 Å². The molecule has 0 radical (unpaired) electrons. The average Bonchev–Trinajstić information content (AvgIpc) is 3.17. The van der Waals surface area contributed by atoms with Crippen LogP contribution in [-0.4, -0.2) is 43.5 Å². The van der Waals surface area contributed by atoms with E-state index < -0.39 is 0 Å². The van der Waals surface area contributed by atoms with Gasteiger partial charge in [0.15, 0.2) is 11.0 Å². The number of benzene rings is 2. The van der Waals surface area contributed by atoms with Crippen LogP contribution in [0.4, 0.5) is 0 Å². The summed E-state index contributed by atoms with van der Waals surface area (Å²) in [5.41, 5.74) is 1.31. The highest BCUT2D eigenvalue weighted by atomic mass is 35.5. The second kappa shape index (κ2) is 9.38. The van der Waals surface area contributed by atoms with E-state index in [4.69, 9.17) is 16.3 Å². The standard InChI is InChI=1S/C20H19ClN6O2S/c1-29-12-4-11-26-18(14-7-9-15(21)10-8-14)23-24-20(26)30-13-27-19(28)16-5-2-3-6-17(16)22-25-27/h2-3,5-10H,4,11-13H2,1H3. The van der Waals surface area contributed by atoms with Crippen molar-refractivity contribution in [2.45, 2.75) is 24.0 Å². The maximum atomic E-state index is 12.7. The zero-order valence-corrected chi connectivity index (χ0v) is 17.8. The van der Waals surface area contributed by atoms with E-state index in [-0.39, 0.29) is 11.4 Å². The van der Waals surface area contributed by atoms with E-state index in [1.807, 2.05) is 41.0 Å². The van der Waals surface area contributed by atoms with Crippen molar-refractivity contribution in [3.63, 3.8) is 0 Å². The molecule has 10 heteroatoms. The number of hydrogen-bond donors (Lipinski definition) is 0. The molecule has 2 heterocycles. The lowest BCUT2D eigenvalue weighted by atomic mass is 10.2. The minimum atomic E-state index is -0.184. The van der Waals surface area contributed by atoms with E-state index in [0.29, 0.717) is 34.2 Å². The number of methoxy groups -OCH3 is 1. The molecule has 30 heavy (non-hydrogen) atoms. The predicted molar refractivity (Wildman–Crippen MR) is 117 cm³/mol. The van der Waals surface area contributed by atoms with Gasteiger partial charge >= 0.3 is 0 Å². The lowest BCUT2D eigenvalue weighted by molar-refractivity contribution is 0.189. The van der Waals surface area contributed by atoms with E-state index in [0.717, 1.165) is 17.8 Å². The molecule has 0 aliphatic carbocycles. The van der Waals surface area contributed by atoms with Gasteiger partial charge in [-0.05, 0) is 42.8 Å². The van der Waals surface area contributed by atoms with Crippen LogP contribution in [0, 0.1) is 0 Å². The number of aromatic nitrogens is 6. The highest BCUT2D eigenvalue weighted by molar-refractivity contribution is 7.98. The Morgan fingerprint density at radius 1 is 1.07 bits per heavy atom. The maximum Gasteiger partial charge on any atom is 0.278 e. The molecular formula is C20H19ClN6O2S. The number of hydrogen-bond acceptors (Lipinski definition) is 7. The second-order valence-corrected chi connectivity index (χ2v) is 7.84. The molecular weight excluding hydrogens is 424 g/mol. The molecule has 0 aliphatic rings. The molecule has 0 bridgehead atoms. The van der Waals surface area contributed by atoms with Crippen molar-refractivity contribution in [1.82, 2.24) is 29.8 Å². The van der Waals surface area contributed by atoms with Gasteiger partial charge in [-0.3, -0.25) is 4.79 Å². The molecule has 4 rings (SSSR count). The summed E-state index contributed by atoms with van der Waals surface area (Å²) in [6.45, 7) is 1.30. The highest BCUT2D eigenvalue weighted by Crippen LogP contribution is 2.26. The summed E-state index contributed by atoms with van der Waals surface area (Å²) in [5.74, 6) is 1.02. The number of rotatable bonds is 8. The third-order valence-electron chi connectivity index (χ3n) is 4.49. The first kappa shape index (κ1) is 20.5. The lowest BCUT2D eigenvalue weighted by Crippen LogP contribution is -2.23. The molecule has 8 nitrogen and oxygen atoms in total. The smallest absolute Gasteiger partial charge is 0.278 e. The molecule has 0 spiro atoms. The summed E-state index contributed by atoms with van der Waals surface area (Å²) in [4.78, 5) is 12.7. The SMILES string of the molecule is COCCCn1c(SCn2nnc3ccccc3c2=O)nnc1-c1ccc(Cl)cc1. The zero-order chi connectivity index (χ0) is 20.9. The fourth-order valence-electron chi connectivity index (χ4n) is 3.00. The van der Waals surface area contributed by atoms with Crippen molar-refractivity contribution < 1.29 is 4.74 Å². The normalized spacial score (nSPS) is 11.3. The molecule has 2 aromatic heterocycles. The van der Waals surface area contributed by atoms with Crippen LogP contribution in [-0.2, 0) is 17.2 Å². The van der Waals surface area contributed by atoms with Crippen LogP contribution in [0.1, 0.15) is 6.42 Å². The number of halogens is 1. The van der Waals surface area contributed by atoms with Crippen LogP contribution in [0.15, 0.2) is 58.5 Å². The second-order valence-electron chi connectivity index (χ2n) is 6.50. The Morgan fingerprint density at radius 2 is 1.87 bits per heavy atom. The topological polar surface area (TPSA) is 87.7 Å². The van der Waals surface area contributed by atoms with Crippen LogP contribution in [0.2, 0.25) is 5.02 Å².